The fourth-order valence-corrected chi connectivity index (χ4v) is 1.58. The second-order valence-electron chi connectivity index (χ2n) is 2.77. The van der Waals surface area contributed by atoms with Gasteiger partial charge in [0.25, 0.3) is 5.22 Å². The van der Waals surface area contributed by atoms with Crippen molar-refractivity contribution >= 4 is 11.8 Å². The minimum absolute atomic E-state index is 0.438. The third-order valence-corrected chi connectivity index (χ3v) is 2.36. The summed E-state index contributed by atoms with van der Waals surface area (Å²) in [7, 11) is 0. The fourth-order valence-electron chi connectivity index (χ4n) is 0.983. The van der Waals surface area contributed by atoms with E-state index in [1.807, 2.05) is 0 Å². The lowest BCUT2D eigenvalue weighted by atomic mass is 10.6. The second-order valence-corrected chi connectivity index (χ2v) is 3.70. The highest BCUT2D eigenvalue weighted by Crippen LogP contribution is 2.15. The molecule has 2 aromatic heterocycles. The number of aromatic nitrogens is 5. The Hall–Kier alpha value is -1.81. The Morgan fingerprint density at radius 2 is 2.44 bits per heavy atom. The first-order valence-electron chi connectivity index (χ1n) is 4.55. The van der Waals surface area contributed by atoms with Gasteiger partial charge < -0.3 is 4.42 Å². The van der Waals surface area contributed by atoms with Crippen LogP contribution >= 0.6 is 11.8 Å². The van der Waals surface area contributed by atoms with Crippen molar-refractivity contribution < 1.29 is 4.42 Å². The van der Waals surface area contributed by atoms with Crippen molar-refractivity contribution in [3.63, 3.8) is 0 Å². The first kappa shape index (κ1) is 10.7. The van der Waals surface area contributed by atoms with E-state index in [1.54, 1.807) is 17.9 Å². The molecule has 0 bridgehead atoms. The lowest BCUT2D eigenvalue weighted by Crippen LogP contribution is -1.99. The van der Waals surface area contributed by atoms with Gasteiger partial charge in [-0.05, 0) is 6.92 Å². The molecule has 0 aliphatic carbocycles. The standard InChI is InChI=1S/C9H9N5OS/c1-2-3-4-16-9-13-12-8(15-9)5-14-7-10-6-11-14/h6-7H,4-5H2,1H3. The molecule has 0 radical (unpaired) electrons. The molecule has 0 aliphatic rings. The molecule has 0 atom stereocenters. The van der Waals surface area contributed by atoms with E-state index >= 15 is 0 Å². The normalized spacial score (nSPS) is 9.81. The van der Waals surface area contributed by atoms with Gasteiger partial charge in [0.15, 0.2) is 0 Å². The molecule has 0 fully saturated rings. The summed E-state index contributed by atoms with van der Waals surface area (Å²) in [5.74, 6) is 6.87. The van der Waals surface area contributed by atoms with Gasteiger partial charge >= 0.3 is 0 Å². The van der Waals surface area contributed by atoms with Crippen molar-refractivity contribution in [2.45, 2.75) is 18.7 Å². The predicted molar refractivity (Wildman–Crippen MR) is 57.6 cm³/mol. The van der Waals surface area contributed by atoms with Crippen molar-refractivity contribution in [1.29, 1.82) is 0 Å². The Morgan fingerprint density at radius 1 is 1.50 bits per heavy atom. The monoisotopic (exact) mass is 235 g/mol. The topological polar surface area (TPSA) is 69.6 Å². The van der Waals surface area contributed by atoms with Gasteiger partial charge in [-0.15, -0.1) is 16.1 Å². The Kier molecular flexibility index (Phi) is 3.56. The van der Waals surface area contributed by atoms with Crippen molar-refractivity contribution in [1.82, 2.24) is 25.0 Å². The average Bonchev–Trinajstić information content (AvgIpc) is 2.91. The molecule has 0 saturated carbocycles. The third-order valence-electron chi connectivity index (χ3n) is 1.66. The van der Waals surface area contributed by atoms with Gasteiger partial charge in [-0.25, -0.2) is 9.67 Å². The molecule has 2 heterocycles. The van der Waals surface area contributed by atoms with Crippen LogP contribution in [0.4, 0.5) is 0 Å². The van der Waals surface area contributed by atoms with E-state index in [-0.39, 0.29) is 0 Å². The molecular formula is C9H9N5OS. The number of hydrogen-bond donors (Lipinski definition) is 0. The van der Waals surface area contributed by atoms with Crippen LogP contribution in [0.3, 0.4) is 0 Å². The summed E-state index contributed by atoms with van der Waals surface area (Å²) in [6, 6.07) is 0. The summed E-state index contributed by atoms with van der Waals surface area (Å²) in [5, 5.41) is 12.3. The molecular weight excluding hydrogens is 226 g/mol. The molecule has 0 unspecified atom stereocenters. The Morgan fingerprint density at radius 3 is 3.19 bits per heavy atom. The largest absolute Gasteiger partial charge is 0.414 e. The Balaban J connectivity index is 1.93. The minimum Gasteiger partial charge on any atom is -0.414 e. The summed E-state index contributed by atoms with van der Waals surface area (Å²) in [6.45, 7) is 2.23. The van der Waals surface area contributed by atoms with Crippen molar-refractivity contribution in [2.24, 2.45) is 0 Å². The Bertz CT molecular complexity index is 495. The zero-order chi connectivity index (χ0) is 11.2. The van der Waals surface area contributed by atoms with Crippen molar-refractivity contribution in [2.75, 3.05) is 5.75 Å². The second kappa shape index (κ2) is 5.32. The maximum Gasteiger partial charge on any atom is 0.277 e. The van der Waals surface area contributed by atoms with Crippen LogP contribution in [-0.2, 0) is 6.54 Å². The number of thioether (sulfide) groups is 1. The number of hydrogen-bond acceptors (Lipinski definition) is 6. The summed E-state index contributed by atoms with van der Waals surface area (Å²) in [5.41, 5.74) is 0. The quantitative estimate of drug-likeness (QED) is 0.577. The molecule has 0 saturated heterocycles. The van der Waals surface area contributed by atoms with Gasteiger partial charge in [0.1, 0.15) is 19.2 Å². The maximum atomic E-state index is 5.39. The van der Waals surface area contributed by atoms with Crippen LogP contribution in [0.15, 0.2) is 22.3 Å². The van der Waals surface area contributed by atoms with Gasteiger partial charge in [-0.1, -0.05) is 17.7 Å². The molecule has 0 aromatic carbocycles. The molecule has 82 valence electrons. The van der Waals surface area contributed by atoms with Gasteiger partial charge in [-0.2, -0.15) is 5.10 Å². The zero-order valence-electron chi connectivity index (χ0n) is 8.62. The summed E-state index contributed by atoms with van der Waals surface area (Å²) >= 11 is 1.42. The molecule has 7 heteroatoms. The third kappa shape index (κ3) is 2.84. The van der Waals surface area contributed by atoms with E-state index in [0.717, 1.165) is 0 Å². The van der Waals surface area contributed by atoms with E-state index in [4.69, 9.17) is 4.42 Å². The summed E-state index contributed by atoms with van der Waals surface area (Å²) < 4.78 is 7.01. The highest BCUT2D eigenvalue weighted by atomic mass is 32.2. The molecule has 6 nitrogen and oxygen atoms in total. The van der Waals surface area contributed by atoms with E-state index in [1.165, 1.54) is 18.1 Å². The lowest BCUT2D eigenvalue weighted by Gasteiger charge is -1.92. The van der Waals surface area contributed by atoms with E-state index in [0.29, 0.717) is 23.4 Å². The first-order chi connectivity index (χ1) is 7.88. The summed E-state index contributed by atoms with van der Waals surface area (Å²) in [4.78, 5) is 3.82. The van der Waals surface area contributed by atoms with Crippen molar-refractivity contribution in [3.8, 4) is 11.8 Å². The van der Waals surface area contributed by atoms with Crippen LogP contribution in [0.2, 0.25) is 0 Å². The molecule has 0 aliphatic heterocycles. The van der Waals surface area contributed by atoms with E-state index < -0.39 is 0 Å². The van der Waals surface area contributed by atoms with Gasteiger partial charge in [0.05, 0.1) is 5.75 Å². The predicted octanol–water partition coefficient (Wildman–Crippen LogP) is 0.825. The van der Waals surface area contributed by atoms with Gasteiger partial charge in [0.2, 0.25) is 5.89 Å². The molecule has 0 N–H and O–H groups in total. The van der Waals surface area contributed by atoms with E-state index in [2.05, 4.69) is 32.1 Å². The number of rotatable bonds is 4. The fraction of sp³-hybridized carbons (Fsp3) is 0.333. The van der Waals surface area contributed by atoms with Crippen LogP contribution in [0.5, 0.6) is 0 Å². The molecule has 2 aromatic rings. The smallest absolute Gasteiger partial charge is 0.277 e. The first-order valence-corrected chi connectivity index (χ1v) is 5.54. The highest BCUT2D eigenvalue weighted by molar-refractivity contribution is 7.99. The molecule has 2 rings (SSSR count). The SMILES string of the molecule is CC#CCSc1nnc(Cn2cncn2)o1. The summed E-state index contributed by atoms with van der Waals surface area (Å²) in [6.07, 6.45) is 3.06. The number of nitrogens with zero attached hydrogens (tertiary/aromatic N) is 5. The van der Waals surface area contributed by atoms with Crippen molar-refractivity contribution in [3.05, 3.63) is 18.5 Å². The van der Waals surface area contributed by atoms with Crippen LogP contribution in [0, 0.1) is 11.8 Å². The van der Waals surface area contributed by atoms with Crippen LogP contribution in [0.25, 0.3) is 0 Å². The van der Waals surface area contributed by atoms with Crippen LogP contribution in [-0.4, -0.2) is 30.7 Å². The van der Waals surface area contributed by atoms with Gasteiger partial charge in [0, 0.05) is 0 Å². The molecule has 0 spiro atoms. The lowest BCUT2D eigenvalue weighted by molar-refractivity contribution is 0.398. The maximum absolute atomic E-state index is 5.39. The van der Waals surface area contributed by atoms with Gasteiger partial charge in [-0.3, -0.25) is 0 Å². The Labute approximate surface area is 96.5 Å². The molecule has 16 heavy (non-hydrogen) atoms. The highest BCUT2D eigenvalue weighted by Gasteiger charge is 2.06. The van der Waals surface area contributed by atoms with Crippen LogP contribution < -0.4 is 0 Å². The van der Waals surface area contributed by atoms with E-state index in [9.17, 15) is 0 Å². The minimum atomic E-state index is 0.438. The zero-order valence-corrected chi connectivity index (χ0v) is 9.44. The molecule has 0 amide bonds. The van der Waals surface area contributed by atoms with Crippen LogP contribution in [0.1, 0.15) is 12.8 Å². The average molecular weight is 235 g/mol.